The Morgan fingerprint density at radius 2 is 1.88 bits per heavy atom. The number of carbonyl (C=O) groups excluding carboxylic acids is 1. The van der Waals surface area contributed by atoms with E-state index in [1.165, 1.54) is 28.5 Å². The van der Waals surface area contributed by atoms with Gasteiger partial charge in [-0.2, -0.15) is 0 Å². The van der Waals surface area contributed by atoms with Crippen molar-refractivity contribution in [3.8, 4) is 5.69 Å². The monoisotopic (exact) mass is 477 g/mol. The van der Waals surface area contributed by atoms with Crippen LogP contribution in [0.15, 0.2) is 53.7 Å². The van der Waals surface area contributed by atoms with Gasteiger partial charge in [-0.1, -0.05) is 53.7 Å². The number of aromatic nitrogens is 3. The van der Waals surface area contributed by atoms with E-state index in [1.54, 1.807) is 0 Å². The van der Waals surface area contributed by atoms with E-state index < -0.39 is 0 Å². The van der Waals surface area contributed by atoms with Crippen molar-refractivity contribution < 1.29 is 9.53 Å². The Morgan fingerprint density at radius 1 is 1.12 bits per heavy atom. The third kappa shape index (κ3) is 4.83. The zero-order valence-corrected chi connectivity index (χ0v) is 20.6. The summed E-state index contributed by atoms with van der Waals surface area (Å²) in [7, 11) is 0. The summed E-state index contributed by atoms with van der Waals surface area (Å²) in [6.07, 6.45) is 3.14. The van der Waals surface area contributed by atoms with Gasteiger partial charge in [0.25, 0.3) is 0 Å². The van der Waals surface area contributed by atoms with Gasteiger partial charge >= 0.3 is 0 Å². The number of rotatable bonds is 6. The predicted molar refractivity (Wildman–Crippen MR) is 135 cm³/mol. The lowest BCUT2D eigenvalue weighted by Gasteiger charge is -2.28. The summed E-state index contributed by atoms with van der Waals surface area (Å²) in [6.45, 7) is 6.90. The molecule has 2 aliphatic rings. The number of fused-ring (bicyclic) bond motifs is 1. The Hall–Kier alpha value is -2.84. The predicted octanol–water partition coefficient (Wildman–Crippen LogP) is 4.09. The molecule has 2 atom stereocenters. The van der Waals surface area contributed by atoms with Gasteiger partial charge in [0, 0.05) is 13.1 Å². The zero-order chi connectivity index (χ0) is 23.5. The van der Waals surface area contributed by atoms with Gasteiger partial charge in [0.15, 0.2) is 5.16 Å². The smallest absolute Gasteiger partial charge is 0.233 e. The van der Waals surface area contributed by atoms with Gasteiger partial charge in [0.2, 0.25) is 11.9 Å². The van der Waals surface area contributed by atoms with Crippen LogP contribution in [-0.4, -0.2) is 52.2 Å². The molecular weight excluding hydrogens is 446 g/mol. The van der Waals surface area contributed by atoms with Gasteiger partial charge in [-0.15, -0.1) is 10.2 Å². The van der Waals surface area contributed by atoms with Crippen LogP contribution in [-0.2, 0) is 16.0 Å². The number of ether oxygens (including phenoxy) is 1. The van der Waals surface area contributed by atoms with E-state index in [1.807, 2.05) is 6.92 Å². The number of hydrogen-bond acceptors (Lipinski definition) is 6. The fourth-order valence-corrected chi connectivity index (χ4v) is 5.50. The topological polar surface area (TPSA) is 72.3 Å². The van der Waals surface area contributed by atoms with Crippen LogP contribution in [0.3, 0.4) is 0 Å². The number of amides is 1. The summed E-state index contributed by atoms with van der Waals surface area (Å²) < 4.78 is 7.59. The Bertz CT molecular complexity index is 1140. The molecule has 0 spiro atoms. The van der Waals surface area contributed by atoms with Gasteiger partial charge in [0.05, 0.1) is 30.2 Å². The Morgan fingerprint density at radius 3 is 2.68 bits per heavy atom. The summed E-state index contributed by atoms with van der Waals surface area (Å²) >= 11 is 1.45. The molecule has 1 aliphatic carbocycles. The third-order valence-electron chi connectivity index (χ3n) is 6.54. The molecule has 1 N–H and O–H groups in total. The molecule has 3 aromatic rings. The minimum Gasteiger partial charge on any atom is -0.378 e. The van der Waals surface area contributed by atoms with Crippen molar-refractivity contribution in [3.63, 3.8) is 0 Å². The lowest BCUT2D eigenvalue weighted by atomic mass is 9.88. The average molecular weight is 478 g/mol. The number of nitrogens with zero attached hydrogens (tertiary/aromatic N) is 4. The number of hydrogen-bond donors (Lipinski definition) is 1. The van der Waals surface area contributed by atoms with Crippen LogP contribution in [0.2, 0.25) is 0 Å². The Balaban J connectivity index is 1.37. The molecule has 0 radical (unpaired) electrons. The number of nitrogens with one attached hydrogen (secondary N) is 1. The molecule has 2 aromatic carbocycles. The van der Waals surface area contributed by atoms with Gasteiger partial charge in [0.1, 0.15) is 0 Å². The summed E-state index contributed by atoms with van der Waals surface area (Å²) in [5.41, 5.74) is 4.78. The van der Waals surface area contributed by atoms with Crippen LogP contribution in [0.25, 0.3) is 5.69 Å². The molecule has 1 aromatic heterocycles. The van der Waals surface area contributed by atoms with E-state index in [0.29, 0.717) is 13.2 Å². The van der Waals surface area contributed by atoms with E-state index in [2.05, 4.69) is 80.4 Å². The van der Waals surface area contributed by atoms with E-state index in [9.17, 15) is 4.79 Å². The highest BCUT2D eigenvalue weighted by Gasteiger charge is 2.27. The summed E-state index contributed by atoms with van der Waals surface area (Å²) in [5.74, 6) is 0.821. The maximum absolute atomic E-state index is 13.2. The van der Waals surface area contributed by atoms with E-state index >= 15 is 0 Å². The molecule has 5 rings (SSSR count). The molecule has 0 bridgehead atoms. The fourth-order valence-electron chi connectivity index (χ4n) is 4.63. The summed E-state index contributed by atoms with van der Waals surface area (Å²) in [5, 5.41) is 12.7. The molecule has 1 amide bonds. The molecule has 7 nitrogen and oxygen atoms in total. The average Bonchev–Trinajstić information content (AvgIpc) is 3.28. The van der Waals surface area contributed by atoms with Crippen LogP contribution < -0.4 is 10.2 Å². The fraction of sp³-hybridized carbons (Fsp3) is 0.423. The van der Waals surface area contributed by atoms with Crippen molar-refractivity contribution in [3.05, 3.63) is 65.2 Å². The molecule has 0 unspecified atom stereocenters. The maximum atomic E-state index is 13.2. The van der Waals surface area contributed by atoms with Crippen molar-refractivity contribution >= 4 is 23.6 Å². The van der Waals surface area contributed by atoms with Crippen molar-refractivity contribution in [2.75, 3.05) is 31.2 Å². The maximum Gasteiger partial charge on any atom is 0.233 e. The lowest BCUT2D eigenvalue weighted by Crippen LogP contribution is -2.38. The highest BCUT2D eigenvalue weighted by Crippen LogP contribution is 2.32. The van der Waals surface area contributed by atoms with Crippen LogP contribution in [0.4, 0.5) is 5.95 Å². The van der Waals surface area contributed by atoms with Gasteiger partial charge in [-0.3, -0.25) is 9.36 Å². The minimum atomic E-state index is -0.306. The molecule has 8 heteroatoms. The van der Waals surface area contributed by atoms with Gasteiger partial charge in [-0.05, 0) is 56.4 Å². The Kier molecular flexibility index (Phi) is 6.87. The van der Waals surface area contributed by atoms with E-state index in [4.69, 9.17) is 4.74 Å². The molecular formula is C26H31N5O2S. The minimum absolute atomic E-state index is 0.0260. The second kappa shape index (κ2) is 10.2. The zero-order valence-electron chi connectivity index (χ0n) is 19.7. The van der Waals surface area contributed by atoms with Crippen molar-refractivity contribution in [2.45, 2.75) is 49.6 Å². The molecule has 178 valence electrons. The highest BCUT2D eigenvalue weighted by atomic mass is 32.2. The number of thioether (sulfide) groups is 1. The molecule has 2 heterocycles. The first-order valence-corrected chi connectivity index (χ1v) is 12.9. The first-order chi connectivity index (χ1) is 16.6. The molecule has 1 fully saturated rings. The molecule has 34 heavy (non-hydrogen) atoms. The Labute approximate surface area is 204 Å². The first-order valence-electron chi connectivity index (χ1n) is 12.0. The SMILES string of the molecule is Cc1ccc(-n2c(S[C@H](C)C(=O)N[C@@H]3CCCc4ccccc43)nnc2N2CCOCC2)cc1. The van der Waals surface area contributed by atoms with Crippen LogP contribution >= 0.6 is 11.8 Å². The van der Waals surface area contributed by atoms with Crippen LogP contribution in [0, 0.1) is 6.92 Å². The van der Waals surface area contributed by atoms with Gasteiger partial charge in [-0.25, -0.2) is 0 Å². The largest absolute Gasteiger partial charge is 0.378 e. The van der Waals surface area contributed by atoms with Crippen molar-refractivity contribution in [1.29, 1.82) is 0 Å². The normalized spacial score (nSPS) is 18.9. The second-order valence-electron chi connectivity index (χ2n) is 8.97. The first kappa shape index (κ1) is 22.9. The summed E-state index contributed by atoms with van der Waals surface area (Å²) in [6, 6.07) is 16.8. The van der Waals surface area contributed by atoms with Crippen LogP contribution in [0.1, 0.15) is 42.5 Å². The second-order valence-corrected chi connectivity index (χ2v) is 10.3. The third-order valence-corrected chi connectivity index (χ3v) is 7.58. The number of aryl methyl sites for hydroxylation is 2. The molecule has 0 saturated carbocycles. The van der Waals surface area contributed by atoms with Gasteiger partial charge < -0.3 is 15.0 Å². The quantitative estimate of drug-likeness (QED) is 0.539. The summed E-state index contributed by atoms with van der Waals surface area (Å²) in [4.78, 5) is 15.4. The highest BCUT2D eigenvalue weighted by molar-refractivity contribution is 8.00. The lowest BCUT2D eigenvalue weighted by molar-refractivity contribution is -0.121. The van der Waals surface area contributed by atoms with E-state index in [0.717, 1.165) is 49.1 Å². The number of benzene rings is 2. The van der Waals surface area contributed by atoms with E-state index in [-0.39, 0.29) is 17.2 Å². The van der Waals surface area contributed by atoms with Crippen molar-refractivity contribution in [1.82, 2.24) is 20.1 Å². The number of carbonyl (C=O) groups is 1. The number of morpholine rings is 1. The number of anilines is 1. The standard InChI is InChI=1S/C26H31N5O2S/c1-18-10-12-21(13-11-18)31-25(30-14-16-33-17-15-30)28-29-26(31)34-19(2)24(32)27-23-9-5-7-20-6-3-4-8-22(20)23/h3-4,6,8,10-13,19,23H,5,7,9,14-17H2,1-2H3,(H,27,32)/t19-,23-/m1/s1. The van der Waals surface area contributed by atoms with Crippen molar-refractivity contribution in [2.24, 2.45) is 0 Å². The van der Waals surface area contributed by atoms with Crippen LogP contribution in [0.5, 0.6) is 0 Å². The molecule has 1 aliphatic heterocycles. The molecule has 1 saturated heterocycles.